The zero-order chi connectivity index (χ0) is 21.8. The smallest absolute Gasteiger partial charge is 0.223 e. The van der Waals surface area contributed by atoms with E-state index >= 15 is 0 Å². The van der Waals surface area contributed by atoms with Crippen molar-refractivity contribution in [2.24, 2.45) is 11.1 Å². The van der Waals surface area contributed by atoms with Gasteiger partial charge in [-0.2, -0.15) is 0 Å². The van der Waals surface area contributed by atoms with Crippen molar-refractivity contribution >= 4 is 21.6 Å². The summed E-state index contributed by atoms with van der Waals surface area (Å²) in [5.74, 6) is -0.517. The molecule has 1 aromatic rings. The zero-order valence-electron chi connectivity index (χ0n) is 17.7. The Morgan fingerprint density at radius 1 is 1.03 bits per heavy atom. The molecule has 0 aliphatic carbocycles. The molecule has 0 bridgehead atoms. The van der Waals surface area contributed by atoms with Crippen LogP contribution in [0.4, 0.5) is 10.1 Å². The van der Waals surface area contributed by atoms with Gasteiger partial charge in [0.25, 0.3) is 0 Å². The average molecular weight is 441 g/mol. The summed E-state index contributed by atoms with van der Waals surface area (Å²) in [6.45, 7) is 5.46. The summed E-state index contributed by atoms with van der Waals surface area (Å²) < 4.78 is 38.0. The Bertz CT molecular complexity index is 815. The molecule has 7 nitrogen and oxygen atoms in total. The standard InChI is InChI=1S/C21H33FN4O3S/c1-30(28,29)26-12-9-21(10-13-26,20(23)27)8-2-3-11-24-14-16-25(17-15-24)19-6-4-18(22)5-7-19/h4-7H,2-3,8-17H2,1H3,(H2,23,27). The van der Waals surface area contributed by atoms with Crippen LogP contribution in [-0.2, 0) is 14.8 Å². The lowest BCUT2D eigenvalue weighted by Crippen LogP contribution is -2.48. The number of nitrogens with zero attached hydrogens (tertiary/aromatic N) is 3. The number of rotatable bonds is 8. The first-order valence-corrected chi connectivity index (χ1v) is 12.5. The number of piperidine rings is 1. The fourth-order valence-corrected chi connectivity index (χ4v) is 5.39. The first kappa shape index (κ1) is 23.0. The molecule has 0 atom stereocenters. The van der Waals surface area contributed by atoms with Gasteiger partial charge in [0.05, 0.1) is 11.7 Å². The van der Waals surface area contributed by atoms with Crippen LogP contribution in [-0.4, -0.2) is 75.6 Å². The van der Waals surface area contributed by atoms with Crippen LogP contribution in [0.3, 0.4) is 0 Å². The predicted molar refractivity (Wildman–Crippen MR) is 116 cm³/mol. The van der Waals surface area contributed by atoms with Crippen molar-refractivity contribution in [2.75, 3.05) is 57.0 Å². The minimum absolute atomic E-state index is 0.215. The van der Waals surface area contributed by atoms with Gasteiger partial charge in [-0.25, -0.2) is 17.1 Å². The lowest BCUT2D eigenvalue weighted by atomic mass is 9.74. The number of primary amides is 1. The summed E-state index contributed by atoms with van der Waals surface area (Å²) in [6.07, 6.45) is 4.83. The van der Waals surface area contributed by atoms with Gasteiger partial charge in [-0.1, -0.05) is 6.42 Å². The van der Waals surface area contributed by atoms with Crippen LogP contribution in [0.25, 0.3) is 0 Å². The minimum Gasteiger partial charge on any atom is -0.369 e. The van der Waals surface area contributed by atoms with E-state index in [1.165, 1.54) is 22.7 Å². The molecule has 2 fully saturated rings. The Morgan fingerprint density at radius 2 is 1.63 bits per heavy atom. The van der Waals surface area contributed by atoms with Crippen molar-refractivity contribution in [3.8, 4) is 0 Å². The number of sulfonamides is 1. The molecule has 3 rings (SSSR count). The van der Waals surface area contributed by atoms with Crippen LogP contribution in [0.1, 0.15) is 32.1 Å². The normalized spacial score (nSPS) is 20.9. The number of hydrogen-bond acceptors (Lipinski definition) is 5. The van der Waals surface area contributed by atoms with E-state index in [4.69, 9.17) is 5.73 Å². The monoisotopic (exact) mass is 440 g/mol. The second-order valence-corrected chi connectivity index (χ2v) is 10.6. The number of unbranched alkanes of at least 4 members (excludes halogenated alkanes) is 1. The van der Waals surface area contributed by atoms with Gasteiger partial charge in [0.1, 0.15) is 5.82 Å². The summed E-state index contributed by atoms with van der Waals surface area (Å²) in [5.41, 5.74) is 6.19. The Hall–Kier alpha value is -1.71. The predicted octanol–water partition coefficient (Wildman–Crippen LogP) is 1.65. The van der Waals surface area contributed by atoms with Crippen molar-refractivity contribution in [1.82, 2.24) is 9.21 Å². The summed E-state index contributed by atoms with van der Waals surface area (Å²) >= 11 is 0. The van der Waals surface area contributed by atoms with E-state index in [-0.39, 0.29) is 11.7 Å². The lowest BCUT2D eigenvalue weighted by Gasteiger charge is -2.39. The fraction of sp³-hybridized carbons (Fsp3) is 0.667. The van der Waals surface area contributed by atoms with E-state index in [1.54, 1.807) is 0 Å². The van der Waals surface area contributed by atoms with Gasteiger partial charge in [-0.05, 0) is 56.5 Å². The van der Waals surface area contributed by atoms with Gasteiger partial charge in [0, 0.05) is 45.0 Å². The van der Waals surface area contributed by atoms with Gasteiger partial charge in [-0.15, -0.1) is 0 Å². The molecule has 2 aliphatic rings. The van der Waals surface area contributed by atoms with Crippen LogP contribution in [0, 0.1) is 11.2 Å². The Kier molecular flexibility index (Phi) is 7.36. The van der Waals surface area contributed by atoms with Crippen LogP contribution < -0.4 is 10.6 Å². The quantitative estimate of drug-likeness (QED) is 0.621. The molecule has 2 aliphatic heterocycles. The number of benzene rings is 1. The SMILES string of the molecule is CS(=O)(=O)N1CCC(CCCCN2CCN(c3ccc(F)cc3)CC2)(C(N)=O)CC1. The number of halogens is 1. The largest absolute Gasteiger partial charge is 0.369 e. The van der Waals surface area contributed by atoms with Gasteiger partial charge >= 0.3 is 0 Å². The molecule has 2 heterocycles. The van der Waals surface area contributed by atoms with Crippen LogP contribution >= 0.6 is 0 Å². The number of hydrogen-bond donors (Lipinski definition) is 1. The highest BCUT2D eigenvalue weighted by atomic mass is 32.2. The number of nitrogens with two attached hydrogens (primary N) is 1. The molecule has 9 heteroatoms. The molecule has 168 valence electrons. The Balaban J connectivity index is 1.40. The van der Waals surface area contributed by atoms with Crippen LogP contribution in [0.15, 0.2) is 24.3 Å². The van der Waals surface area contributed by atoms with E-state index in [1.807, 2.05) is 12.1 Å². The molecule has 0 spiro atoms. The van der Waals surface area contributed by atoms with Crippen LogP contribution in [0.2, 0.25) is 0 Å². The molecule has 0 unspecified atom stereocenters. The maximum absolute atomic E-state index is 13.1. The second-order valence-electron chi connectivity index (χ2n) is 8.57. The zero-order valence-corrected chi connectivity index (χ0v) is 18.5. The second kappa shape index (κ2) is 9.62. The summed E-state index contributed by atoms with van der Waals surface area (Å²) in [4.78, 5) is 16.8. The highest BCUT2D eigenvalue weighted by Crippen LogP contribution is 2.37. The molecule has 2 saturated heterocycles. The van der Waals surface area contributed by atoms with E-state index < -0.39 is 15.4 Å². The lowest BCUT2D eigenvalue weighted by molar-refractivity contribution is -0.130. The first-order valence-electron chi connectivity index (χ1n) is 10.7. The molecule has 0 saturated carbocycles. The van der Waals surface area contributed by atoms with E-state index in [0.29, 0.717) is 25.9 Å². The Morgan fingerprint density at radius 3 is 2.17 bits per heavy atom. The molecule has 0 radical (unpaired) electrons. The van der Waals surface area contributed by atoms with Crippen molar-refractivity contribution < 1.29 is 17.6 Å². The van der Waals surface area contributed by atoms with Gasteiger partial charge in [0.15, 0.2) is 0 Å². The fourth-order valence-electron chi connectivity index (χ4n) is 4.55. The average Bonchev–Trinajstić information content (AvgIpc) is 2.72. The minimum atomic E-state index is -3.22. The third-order valence-corrected chi connectivity index (χ3v) is 7.92. The summed E-state index contributed by atoms with van der Waals surface area (Å²) in [7, 11) is -3.22. The van der Waals surface area contributed by atoms with E-state index in [0.717, 1.165) is 57.7 Å². The number of piperazine rings is 1. The maximum Gasteiger partial charge on any atom is 0.223 e. The molecule has 0 aromatic heterocycles. The number of anilines is 1. The van der Waals surface area contributed by atoms with E-state index in [9.17, 15) is 17.6 Å². The molecule has 2 N–H and O–H groups in total. The third kappa shape index (κ3) is 5.70. The number of amides is 1. The Labute approximate surface area is 179 Å². The van der Waals surface area contributed by atoms with Crippen molar-refractivity contribution in [3.63, 3.8) is 0 Å². The topological polar surface area (TPSA) is 87.0 Å². The first-order chi connectivity index (χ1) is 14.2. The van der Waals surface area contributed by atoms with Gasteiger partial charge in [0.2, 0.25) is 15.9 Å². The van der Waals surface area contributed by atoms with Gasteiger partial charge in [-0.3, -0.25) is 9.69 Å². The summed E-state index contributed by atoms with van der Waals surface area (Å²) in [6, 6.07) is 6.64. The third-order valence-electron chi connectivity index (χ3n) is 6.61. The highest BCUT2D eigenvalue weighted by Gasteiger charge is 2.41. The van der Waals surface area contributed by atoms with E-state index in [2.05, 4.69) is 9.80 Å². The number of carbonyl (C=O) groups is 1. The molecule has 30 heavy (non-hydrogen) atoms. The van der Waals surface area contributed by atoms with Crippen LogP contribution in [0.5, 0.6) is 0 Å². The van der Waals surface area contributed by atoms with Crippen molar-refractivity contribution in [2.45, 2.75) is 32.1 Å². The molecular formula is C21H33FN4O3S. The summed E-state index contributed by atoms with van der Waals surface area (Å²) in [5, 5.41) is 0. The molecular weight excluding hydrogens is 407 g/mol. The molecule has 1 aromatic carbocycles. The highest BCUT2D eigenvalue weighted by molar-refractivity contribution is 7.88. The maximum atomic E-state index is 13.1. The van der Waals surface area contributed by atoms with Crippen molar-refractivity contribution in [1.29, 1.82) is 0 Å². The van der Waals surface area contributed by atoms with Crippen molar-refractivity contribution in [3.05, 3.63) is 30.1 Å². The molecule has 1 amide bonds. The van der Waals surface area contributed by atoms with Gasteiger partial charge < -0.3 is 10.6 Å². The number of carbonyl (C=O) groups excluding carboxylic acids is 1.